The maximum Gasteiger partial charge on any atom is 0.416 e. The molecule has 0 atom stereocenters. The molecule has 0 spiro atoms. The predicted octanol–water partition coefficient (Wildman–Crippen LogP) is 2.86. The molecule has 1 heterocycles. The first-order chi connectivity index (χ1) is 9.86. The minimum atomic E-state index is -4.39. The summed E-state index contributed by atoms with van der Waals surface area (Å²) in [5.41, 5.74) is 5.66. The number of carbonyl (C=O) groups excluding carboxylic acids is 1. The summed E-state index contributed by atoms with van der Waals surface area (Å²) in [6.45, 7) is 0. The van der Waals surface area contributed by atoms with Crippen LogP contribution in [0.2, 0.25) is 0 Å². The molecule has 110 valence electrons. The number of nitrogens with zero attached hydrogens (tertiary/aromatic N) is 1. The van der Waals surface area contributed by atoms with Crippen LogP contribution in [-0.2, 0) is 17.4 Å². The van der Waals surface area contributed by atoms with Crippen molar-refractivity contribution in [2.45, 2.75) is 12.6 Å². The van der Waals surface area contributed by atoms with Gasteiger partial charge in [0, 0.05) is 6.20 Å². The Bertz CT molecular complexity index is 639. The fourth-order valence-electron chi connectivity index (χ4n) is 1.70. The molecule has 0 unspecified atom stereocenters. The number of pyridine rings is 1. The highest BCUT2D eigenvalue weighted by molar-refractivity contribution is 5.93. The fraction of sp³-hybridized carbons (Fsp3) is 0.143. The summed E-state index contributed by atoms with van der Waals surface area (Å²) >= 11 is 0. The summed E-state index contributed by atoms with van der Waals surface area (Å²) in [6.07, 6.45) is -2.97. The Morgan fingerprint density at radius 3 is 2.43 bits per heavy atom. The lowest BCUT2D eigenvalue weighted by molar-refractivity contribution is -0.137. The number of hydrogen-bond acceptors (Lipinski definition) is 3. The van der Waals surface area contributed by atoms with E-state index < -0.39 is 17.6 Å². The number of nitrogen functional groups attached to an aromatic ring is 1. The van der Waals surface area contributed by atoms with Crippen molar-refractivity contribution in [3.8, 4) is 0 Å². The van der Waals surface area contributed by atoms with Crippen LogP contribution in [0.5, 0.6) is 0 Å². The monoisotopic (exact) mass is 295 g/mol. The van der Waals surface area contributed by atoms with E-state index in [4.69, 9.17) is 5.73 Å². The second-order valence-corrected chi connectivity index (χ2v) is 4.36. The molecule has 0 radical (unpaired) electrons. The molecule has 0 fully saturated rings. The third-order valence-corrected chi connectivity index (χ3v) is 2.74. The number of aromatic nitrogens is 1. The summed E-state index contributed by atoms with van der Waals surface area (Å²) < 4.78 is 37.2. The zero-order valence-corrected chi connectivity index (χ0v) is 10.8. The lowest BCUT2D eigenvalue weighted by Crippen LogP contribution is -2.16. The number of nitrogens with one attached hydrogen (secondary N) is 1. The van der Waals surface area contributed by atoms with Crippen molar-refractivity contribution >= 4 is 17.4 Å². The van der Waals surface area contributed by atoms with Crippen molar-refractivity contribution in [3.05, 3.63) is 53.7 Å². The van der Waals surface area contributed by atoms with E-state index in [-0.39, 0.29) is 12.2 Å². The molecule has 1 aromatic carbocycles. The minimum absolute atomic E-state index is 0.0614. The highest BCUT2D eigenvalue weighted by atomic mass is 19.4. The van der Waals surface area contributed by atoms with Gasteiger partial charge in [0.25, 0.3) is 0 Å². The van der Waals surface area contributed by atoms with E-state index in [1.807, 2.05) is 0 Å². The number of alkyl halides is 3. The van der Waals surface area contributed by atoms with Crippen molar-refractivity contribution in [3.63, 3.8) is 0 Å². The van der Waals surface area contributed by atoms with Gasteiger partial charge in [-0.15, -0.1) is 0 Å². The number of amides is 1. The van der Waals surface area contributed by atoms with Gasteiger partial charge in [0.1, 0.15) is 0 Å². The number of anilines is 2. The molecule has 1 amide bonds. The first-order valence-corrected chi connectivity index (χ1v) is 6.03. The van der Waals surface area contributed by atoms with Gasteiger partial charge in [-0.05, 0) is 29.8 Å². The van der Waals surface area contributed by atoms with Crippen LogP contribution < -0.4 is 11.1 Å². The molecular weight excluding hydrogens is 283 g/mol. The van der Waals surface area contributed by atoms with Crippen LogP contribution >= 0.6 is 0 Å². The zero-order valence-electron chi connectivity index (χ0n) is 10.8. The first kappa shape index (κ1) is 14.8. The van der Waals surface area contributed by atoms with Gasteiger partial charge in [0.2, 0.25) is 5.91 Å². The SMILES string of the molecule is Nc1cccnc1NC(=O)Cc1ccc(C(F)(F)F)cc1. The fourth-order valence-corrected chi connectivity index (χ4v) is 1.70. The Hall–Kier alpha value is -2.57. The van der Waals surface area contributed by atoms with E-state index in [0.717, 1.165) is 12.1 Å². The van der Waals surface area contributed by atoms with Crippen LogP contribution in [-0.4, -0.2) is 10.9 Å². The average Bonchev–Trinajstić information content (AvgIpc) is 2.41. The normalized spacial score (nSPS) is 11.2. The van der Waals surface area contributed by atoms with Crippen molar-refractivity contribution in [2.75, 3.05) is 11.1 Å². The van der Waals surface area contributed by atoms with Crippen molar-refractivity contribution < 1.29 is 18.0 Å². The summed E-state index contributed by atoms with van der Waals surface area (Å²) in [5, 5.41) is 2.51. The van der Waals surface area contributed by atoms with Gasteiger partial charge >= 0.3 is 6.18 Å². The number of carbonyl (C=O) groups is 1. The third-order valence-electron chi connectivity index (χ3n) is 2.74. The molecular formula is C14H12F3N3O. The van der Waals surface area contributed by atoms with E-state index >= 15 is 0 Å². The highest BCUT2D eigenvalue weighted by Gasteiger charge is 2.29. The highest BCUT2D eigenvalue weighted by Crippen LogP contribution is 2.29. The second-order valence-electron chi connectivity index (χ2n) is 4.36. The van der Waals surface area contributed by atoms with Crippen molar-refractivity contribution in [2.24, 2.45) is 0 Å². The van der Waals surface area contributed by atoms with Crippen molar-refractivity contribution in [1.82, 2.24) is 4.98 Å². The van der Waals surface area contributed by atoms with Crippen LogP contribution in [0.3, 0.4) is 0 Å². The molecule has 3 N–H and O–H groups in total. The number of nitrogens with two attached hydrogens (primary N) is 1. The lowest BCUT2D eigenvalue weighted by atomic mass is 10.1. The molecule has 0 saturated heterocycles. The molecule has 2 rings (SSSR count). The van der Waals surface area contributed by atoms with Crippen LogP contribution in [0.15, 0.2) is 42.6 Å². The molecule has 21 heavy (non-hydrogen) atoms. The predicted molar refractivity (Wildman–Crippen MR) is 72.4 cm³/mol. The third kappa shape index (κ3) is 3.95. The van der Waals surface area contributed by atoms with E-state index in [9.17, 15) is 18.0 Å². The molecule has 0 aliphatic rings. The summed E-state index contributed by atoms with van der Waals surface area (Å²) in [7, 11) is 0. The van der Waals surface area contributed by atoms with Gasteiger partial charge in [-0.1, -0.05) is 12.1 Å². The van der Waals surface area contributed by atoms with Gasteiger partial charge in [-0.25, -0.2) is 4.98 Å². The van der Waals surface area contributed by atoms with Gasteiger partial charge in [0.05, 0.1) is 17.7 Å². The summed E-state index contributed by atoms with van der Waals surface area (Å²) in [5.74, 6) is -0.172. The standard InChI is InChI=1S/C14H12F3N3O/c15-14(16,17)10-5-3-9(4-6-10)8-12(21)20-13-11(18)2-1-7-19-13/h1-7H,8,18H2,(H,19,20,21). The van der Waals surface area contributed by atoms with Gasteiger partial charge in [0.15, 0.2) is 5.82 Å². The van der Waals surface area contributed by atoms with Crippen molar-refractivity contribution in [1.29, 1.82) is 0 Å². The van der Waals surface area contributed by atoms with Crippen LogP contribution in [0.25, 0.3) is 0 Å². The maximum absolute atomic E-state index is 12.4. The van der Waals surface area contributed by atoms with Gasteiger partial charge < -0.3 is 11.1 Å². The molecule has 0 aliphatic heterocycles. The topological polar surface area (TPSA) is 68.0 Å². The van der Waals surface area contributed by atoms with Crippen LogP contribution in [0.1, 0.15) is 11.1 Å². The Morgan fingerprint density at radius 2 is 1.86 bits per heavy atom. The molecule has 7 heteroatoms. The Balaban J connectivity index is 2.02. The lowest BCUT2D eigenvalue weighted by Gasteiger charge is -2.08. The maximum atomic E-state index is 12.4. The summed E-state index contributed by atoms with van der Waals surface area (Å²) in [4.78, 5) is 15.7. The zero-order chi connectivity index (χ0) is 15.5. The average molecular weight is 295 g/mol. The smallest absolute Gasteiger partial charge is 0.396 e. The van der Waals surface area contributed by atoms with Gasteiger partial charge in [-0.3, -0.25) is 4.79 Å². The molecule has 0 saturated carbocycles. The van der Waals surface area contributed by atoms with E-state index in [1.165, 1.54) is 18.3 Å². The van der Waals surface area contributed by atoms with Crippen LogP contribution in [0, 0.1) is 0 Å². The molecule has 1 aromatic heterocycles. The quantitative estimate of drug-likeness (QED) is 0.915. The van der Waals surface area contributed by atoms with E-state index in [2.05, 4.69) is 10.3 Å². The second kappa shape index (κ2) is 5.82. The number of halogens is 3. The van der Waals surface area contributed by atoms with Gasteiger partial charge in [-0.2, -0.15) is 13.2 Å². The molecule has 4 nitrogen and oxygen atoms in total. The molecule has 0 aliphatic carbocycles. The number of hydrogen-bond donors (Lipinski definition) is 2. The molecule has 0 bridgehead atoms. The Morgan fingerprint density at radius 1 is 1.19 bits per heavy atom. The molecule has 2 aromatic rings. The summed E-state index contributed by atoms with van der Waals surface area (Å²) in [6, 6.07) is 7.63. The minimum Gasteiger partial charge on any atom is -0.396 e. The van der Waals surface area contributed by atoms with E-state index in [0.29, 0.717) is 11.3 Å². The largest absolute Gasteiger partial charge is 0.416 e. The number of benzene rings is 1. The first-order valence-electron chi connectivity index (χ1n) is 6.03. The number of rotatable bonds is 3. The van der Waals surface area contributed by atoms with Crippen LogP contribution in [0.4, 0.5) is 24.7 Å². The van der Waals surface area contributed by atoms with E-state index in [1.54, 1.807) is 12.1 Å². The Labute approximate surface area is 118 Å². The Kier molecular flexibility index (Phi) is 4.11.